The van der Waals surface area contributed by atoms with E-state index >= 15 is 0 Å². The Kier molecular flexibility index (Phi) is 9.31. The van der Waals surface area contributed by atoms with Gasteiger partial charge < -0.3 is 9.84 Å². The molecule has 0 atom stereocenters. The third-order valence-corrected chi connectivity index (χ3v) is 2.58. The van der Waals surface area contributed by atoms with E-state index in [-0.39, 0.29) is 11.5 Å². The quantitative estimate of drug-likeness (QED) is 0.476. The first kappa shape index (κ1) is 18.3. The van der Waals surface area contributed by atoms with Crippen LogP contribution in [-0.4, -0.2) is 17.5 Å². The minimum Gasteiger partial charge on any atom is -0.507 e. The van der Waals surface area contributed by atoms with Crippen molar-refractivity contribution in [3.63, 3.8) is 0 Å². The summed E-state index contributed by atoms with van der Waals surface area (Å²) in [6, 6.07) is 3.40. The highest BCUT2D eigenvalue weighted by atomic mass is 32.1. The molecule has 1 rings (SSSR count). The maximum absolute atomic E-state index is 11.3. The Hall–Kier alpha value is -1.67. The lowest BCUT2D eigenvalue weighted by Gasteiger charge is -2.14. The van der Waals surface area contributed by atoms with E-state index in [1.165, 1.54) is 12.3 Å². The first-order valence-corrected chi connectivity index (χ1v) is 6.99. The Balaban J connectivity index is 0.00000110. The fourth-order valence-electron chi connectivity index (χ4n) is 1.74. The number of carbonyl (C=O) groups excluding carboxylic acids is 1. The number of phenols is 1. The lowest BCUT2D eigenvalue weighted by Crippen LogP contribution is -2.02. The molecule has 0 fully saturated rings. The maximum atomic E-state index is 11.3. The standard InChI is InChI=1S/C14H20O3.CHNS/c1-4-6-12-13(17-9-5-2)8-7-11(10(3)15)14(12)16;2-1-3/h7-8,16H,4-6,9H2,1-3H3;3H. The van der Waals surface area contributed by atoms with Gasteiger partial charge in [-0.25, -0.2) is 0 Å². The van der Waals surface area contributed by atoms with Crippen LogP contribution in [0.15, 0.2) is 12.1 Å². The smallest absolute Gasteiger partial charge is 0.163 e. The van der Waals surface area contributed by atoms with Crippen molar-refractivity contribution in [3.05, 3.63) is 23.3 Å². The highest BCUT2D eigenvalue weighted by molar-refractivity contribution is 7.85. The van der Waals surface area contributed by atoms with E-state index in [2.05, 4.69) is 12.6 Å². The summed E-state index contributed by atoms with van der Waals surface area (Å²) < 4.78 is 5.58. The number of benzene rings is 1. The van der Waals surface area contributed by atoms with Crippen molar-refractivity contribution < 1.29 is 14.6 Å². The number of carbonyl (C=O) groups is 1. The van der Waals surface area contributed by atoms with Crippen LogP contribution in [0, 0.1) is 10.7 Å². The van der Waals surface area contributed by atoms with Gasteiger partial charge in [-0.15, -0.1) is 0 Å². The van der Waals surface area contributed by atoms with Gasteiger partial charge in [-0.3, -0.25) is 4.79 Å². The van der Waals surface area contributed by atoms with Gasteiger partial charge in [0, 0.05) is 5.56 Å². The summed E-state index contributed by atoms with van der Waals surface area (Å²) in [5, 5.41) is 18.7. The monoisotopic (exact) mass is 295 g/mol. The van der Waals surface area contributed by atoms with Crippen LogP contribution in [-0.2, 0) is 6.42 Å². The van der Waals surface area contributed by atoms with Crippen molar-refractivity contribution in [2.75, 3.05) is 6.61 Å². The molecule has 0 saturated carbocycles. The van der Waals surface area contributed by atoms with Crippen molar-refractivity contribution >= 4 is 18.4 Å². The van der Waals surface area contributed by atoms with Crippen LogP contribution in [0.25, 0.3) is 0 Å². The second-order valence-electron chi connectivity index (χ2n) is 4.19. The Morgan fingerprint density at radius 2 is 2.00 bits per heavy atom. The highest BCUT2D eigenvalue weighted by Crippen LogP contribution is 2.32. The Morgan fingerprint density at radius 1 is 1.40 bits per heavy atom. The van der Waals surface area contributed by atoms with E-state index in [9.17, 15) is 9.90 Å². The average Bonchev–Trinajstić information content (AvgIpc) is 2.40. The second-order valence-corrected chi connectivity index (χ2v) is 4.39. The van der Waals surface area contributed by atoms with Crippen molar-refractivity contribution in [2.24, 2.45) is 0 Å². The molecule has 0 saturated heterocycles. The van der Waals surface area contributed by atoms with Crippen molar-refractivity contribution in [2.45, 2.75) is 40.0 Å². The van der Waals surface area contributed by atoms with E-state index in [1.54, 1.807) is 12.1 Å². The predicted molar refractivity (Wildman–Crippen MR) is 82.5 cm³/mol. The molecule has 20 heavy (non-hydrogen) atoms. The van der Waals surface area contributed by atoms with Gasteiger partial charge in [-0.2, -0.15) is 5.26 Å². The number of nitrogens with zero attached hydrogens (tertiary/aromatic N) is 1. The first-order valence-electron chi connectivity index (χ1n) is 6.55. The molecule has 1 aromatic rings. The van der Waals surface area contributed by atoms with Crippen molar-refractivity contribution in [1.82, 2.24) is 0 Å². The molecule has 0 bridgehead atoms. The number of Topliss-reactive ketones (excluding diaryl/α,β-unsaturated/α-hetero) is 1. The first-order chi connectivity index (χ1) is 9.53. The van der Waals surface area contributed by atoms with Gasteiger partial charge in [0.2, 0.25) is 0 Å². The fraction of sp³-hybridized carbons (Fsp3) is 0.467. The van der Waals surface area contributed by atoms with Crippen LogP contribution < -0.4 is 4.74 Å². The van der Waals surface area contributed by atoms with Crippen molar-refractivity contribution in [1.29, 1.82) is 5.26 Å². The lowest BCUT2D eigenvalue weighted by molar-refractivity contribution is 0.101. The highest BCUT2D eigenvalue weighted by Gasteiger charge is 2.15. The molecular formula is C15H21NO3S. The summed E-state index contributed by atoms with van der Waals surface area (Å²) in [5.74, 6) is 0.644. The summed E-state index contributed by atoms with van der Waals surface area (Å²) >= 11 is 3.09. The number of thiol groups is 1. The molecule has 0 aliphatic rings. The average molecular weight is 295 g/mol. The summed E-state index contributed by atoms with van der Waals surface area (Å²) in [6.45, 7) is 6.14. The van der Waals surface area contributed by atoms with Crippen LogP contribution in [0.2, 0.25) is 0 Å². The molecule has 4 nitrogen and oxygen atoms in total. The van der Waals surface area contributed by atoms with Gasteiger partial charge >= 0.3 is 0 Å². The van der Waals surface area contributed by atoms with Crippen LogP contribution >= 0.6 is 12.6 Å². The summed E-state index contributed by atoms with van der Waals surface area (Å²) in [5.41, 5.74) is 1.12. The number of nitriles is 1. The largest absolute Gasteiger partial charge is 0.507 e. The molecule has 0 aliphatic heterocycles. The molecule has 0 spiro atoms. The van der Waals surface area contributed by atoms with E-state index in [4.69, 9.17) is 10.00 Å². The Labute approximate surface area is 125 Å². The molecule has 0 radical (unpaired) electrons. The second kappa shape index (κ2) is 10.2. The fourth-order valence-corrected chi connectivity index (χ4v) is 1.74. The van der Waals surface area contributed by atoms with Gasteiger partial charge in [0.15, 0.2) is 5.78 Å². The number of aromatic hydroxyl groups is 1. The Bertz CT molecular complexity index is 481. The SMILES string of the molecule is CCCOc1ccc(C(C)=O)c(O)c1CCC.N#CS. The number of ketones is 1. The zero-order valence-corrected chi connectivity index (χ0v) is 13.0. The van der Waals surface area contributed by atoms with Gasteiger partial charge in [-0.1, -0.05) is 32.9 Å². The van der Waals surface area contributed by atoms with Gasteiger partial charge in [0.1, 0.15) is 16.9 Å². The third kappa shape index (κ3) is 5.54. The number of hydrogen-bond acceptors (Lipinski definition) is 5. The molecule has 0 amide bonds. The van der Waals surface area contributed by atoms with Gasteiger partial charge in [0.05, 0.1) is 12.2 Å². The number of hydrogen-bond donors (Lipinski definition) is 2. The van der Waals surface area contributed by atoms with Crippen LogP contribution in [0.1, 0.15) is 49.5 Å². The molecular weight excluding hydrogens is 274 g/mol. The molecule has 0 unspecified atom stereocenters. The summed E-state index contributed by atoms with van der Waals surface area (Å²) in [6.07, 6.45) is 2.53. The van der Waals surface area contributed by atoms with E-state index in [0.717, 1.165) is 18.4 Å². The van der Waals surface area contributed by atoms with Gasteiger partial charge in [0.25, 0.3) is 0 Å². The molecule has 5 heteroatoms. The van der Waals surface area contributed by atoms with Gasteiger partial charge in [-0.05, 0) is 31.9 Å². The molecule has 1 aromatic carbocycles. The third-order valence-electron chi connectivity index (χ3n) is 2.58. The summed E-state index contributed by atoms with van der Waals surface area (Å²) in [4.78, 5) is 11.3. The number of thiocyanates is 1. The number of phenolic OH excluding ortho intramolecular Hbond substituents is 1. The minimum atomic E-state index is -0.123. The maximum Gasteiger partial charge on any atom is 0.163 e. The predicted octanol–water partition coefficient (Wildman–Crippen LogP) is 3.73. The summed E-state index contributed by atoms with van der Waals surface area (Å²) in [7, 11) is 0. The van der Waals surface area contributed by atoms with E-state index in [1.807, 2.05) is 13.8 Å². The normalized spacial score (nSPS) is 9.15. The van der Waals surface area contributed by atoms with Crippen LogP contribution in [0.3, 0.4) is 0 Å². The van der Waals surface area contributed by atoms with Crippen molar-refractivity contribution in [3.8, 4) is 16.9 Å². The topological polar surface area (TPSA) is 70.3 Å². The molecule has 110 valence electrons. The van der Waals surface area contributed by atoms with E-state index in [0.29, 0.717) is 24.3 Å². The molecule has 1 N–H and O–H groups in total. The molecule has 0 heterocycles. The van der Waals surface area contributed by atoms with E-state index < -0.39 is 0 Å². The zero-order valence-electron chi connectivity index (χ0n) is 12.1. The zero-order chi connectivity index (χ0) is 15.5. The molecule has 0 aliphatic carbocycles. The van der Waals surface area contributed by atoms with Crippen LogP contribution in [0.5, 0.6) is 11.5 Å². The minimum absolute atomic E-state index is 0.0768. The van der Waals surface area contributed by atoms with Crippen LogP contribution in [0.4, 0.5) is 0 Å². The number of rotatable bonds is 6. The lowest BCUT2D eigenvalue weighted by atomic mass is 10.0. The molecule has 0 aromatic heterocycles. The number of ether oxygens (including phenoxy) is 1. The Morgan fingerprint density at radius 3 is 2.45 bits per heavy atom.